The molecular weight excluding hydrogens is 290 g/mol. The highest BCUT2D eigenvalue weighted by Gasteiger charge is 2.23. The molecule has 5 nitrogen and oxygen atoms in total. The van der Waals surface area contributed by atoms with Crippen molar-refractivity contribution in [3.05, 3.63) is 70.9 Å². The van der Waals surface area contributed by atoms with Crippen molar-refractivity contribution in [3.8, 4) is 0 Å². The van der Waals surface area contributed by atoms with Gasteiger partial charge in [0.25, 0.3) is 11.8 Å². The minimum Gasteiger partial charge on any atom is -0.290 e. The molecule has 1 aromatic heterocycles. The van der Waals surface area contributed by atoms with Crippen molar-refractivity contribution in [1.82, 2.24) is 9.99 Å². The second kappa shape index (κ2) is 5.70. The van der Waals surface area contributed by atoms with Gasteiger partial charge < -0.3 is 0 Å². The van der Waals surface area contributed by atoms with Crippen LogP contribution in [0, 0.1) is 13.8 Å². The molecule has 0 aliphatic carbocycles. The predicted molar refractivity (Wildman–Crippen MR) is 89.2 cm³/mol. The summed E-state index contributed by atoms with van der Waals surface area (Å²) in [6.07, 6.45) is 0. The molecule has 3 rings (SSSR count). The Labute approximate surface area is 133 Å². The number of rotatable bonds is 2. The normalized spacial score (nSPS) is 10.7. The van der Waals surface area contributed by atoms with Crippen LogP contribution in [-0.2, 0) is 0 Å². The minimum absolute atomic E-state index is 0.159. The molecule has 3 N–H and O–H groups in total. The van der Waals surface area contributed by atoms with Crippen LogP contribution in [0.4, 0.5) is 0 Å². The summed E-state index contributed by atoms with van der Waals surface area (Å²) in [5, 5.41) is 0.704. The number of para-hydroxylation sites is 1. The Morgan fingerprint density at radius 3 is 2.35 bits per heavy atom. The van der Waals surface area contributed by atoms with Crippen LogP contribution >= 0.6 is 0 Å². The number of hydrogen-bond donors (Lipinski definition) is 2. The summed E-state index contributed by atoms with van der Waals surface area (Å²) in [5.41, 5.74) is 5.33. The van der Waals surface area contributed by atoms with E-state index in [2.05, 4.69) is 5.43 Å². The fraction of sp³-hybridized carbons (Fsp3) is 0.111. The molecule has 1 heterocycles. The summed E-state index contributed by atoms with van der Waals surface area (Å²) in [5.74, 6) is 4.72. The number of nitrogens with zero attached hydrogens (tertiary/aromatic N) is 1. The molecule has 5 heteroatoms. The third-order valence-corrected chi connectivity index (χ3v) is 4.05. The molecule has 0 saturated carbocycles. The van der Waals surface area contributed by atoms with E-state index in [-0.39, 0.29) is 5.91 Å². The number of fused-ring (bicyclic) bond motifs is 1. The molecule has 1 amide bonds. The van der Waals surface area contributed by atoms with Crippen LogP contribution < -0.4 is 11.3 Å². The van der Waals surface area contributed by atoms with Gasteiger partial charge in [0.1, 0.15) is 0 Å². The summed E-state index contributed by atoms with van der Waals surface area (Å²) in [7, 11) is 0. The maximum absolute atomic E-state index is 13.0. The highest BCUT2D eigenvalue weighted by Crippen LogP contribution is 2.27. The van der Waals surface area contributed by atoms with Gasteiger partial charge in [-0.1, -0.05) is 36.4 Å². The van der Waals surface area contributed by atoms with Crippen molar-refractivity contribution in [1.29, 1.82) is 0 Å². The van der Waals surface area contributed by atoms with Crippen LogP contribution in [0.3, 0.4) is 0 Å². The van der Waals surface area contributed by atoms with Crippen molar-refractivity contribution in [2.45, 2.75) is 13.8 Å². The standard InChI is InChI=1S/C18H17N3O2/c1-11-7-3-4-8-13(11)18(23)21-12(2)16(17(22)20-19)14-9-5-6-10-15(14)21/h3-10H,19H2,1-2H3,(H,20,22). The van der Waals surface area contributed by atoms with Crippen molar-refractivity contribution in [2.24, 2.45) is 5.84 Å². The Bertz CT molecular complexity index is 925. The van der Waals surface area contributed by atoms with Gasteiger partial charge in [0.05, 0.1) is 11.1 Å². The molecule has 116 valence electrons. The second-order valence-electron chi connectivity index (χ2n) is 5.41. The molecule has 0 fully saturated rings. The van der Waals surface area contributed by atoms with Crippen molar-refractivity contribution >= 4 is 22.7 Å². The van der Waals surface area contributed by atoms with E-state index in [9.17, 15) is 9.59 Å². The lowest BCUT2D eigenvalue weighted by Gasteiger charge is -2.09. The number of nitrogens with two attached hydrogens (primary N) is 1. The molecule has 0 saturated heterocycles. The summed E-state index contributed by atoms with van der Waals surface area (Å²) < 4.78 is 1.57. The Hall–Kier alpha value is -2.92. The fourth-order valence-corrected chi connectivity index (χ4v) is 2.92. The topological polar surface area (TPSA) is 77.1 Å². The lowest BCUT2D eigenvalue weighted by molar-refractivity contribution is 0.0954. The lowest BCUT2D eigenvalue weighted by atomic mass is 10.1. The summed E-state index contributed by atoms with van der Waals surface area (Å²) in [6.45, 7) is 3.64. The van der Waals surface area contributed by atoms with Crippen LogP contribution in [0.15, 0.2) is 48.5 Å². The molecule has 0 bridgehead atoms. The minimum atomic E-state index is -0.407. The van der Waals surface area contributed by atoms with Crippen LogP contribution in [0.2, 0.25) is 0 Å². The average Bonchev–Trinajstić information content (AvgIpc) is 2.86. The molecule has 0 radical (unpaired) electrons. The van der Waals surface area contributed by atoms with Gasteiger partial charge in [-0.25, -0.2) is 5.84 Å². The number of amides is 1. The summed E-state index contributed by atoms with van der Waals surface area (Å²) >= 11 is 0. The van der Waals surface area contributed by atoms with E-state index in [1.807, 2.05) is 49.4 Å². The predicted octanol–water partition coefficient (Wildman–Crippen LogP) is 2.55. The highest BCUT2D eigenvalue weighted by atomic mass is 16.2. The Morgan fingerprint density at radius 1 is 1.00 bits per heavy atom. The summed E-state index contributed by atoms with van der Waals surface area (Å²) in [4.78, 5) is 25.2. The van der Waals surface area contributed by atoms with Gasteiger partial charge in [0.2, 0.25) is 0 Å². The van der Waals surface area contributed by atoms with Crippen molar-refractivity contribution in [2.75, 3.05) is 0 Å². The van der Waals surface area contributed by atoms with Crippen molar-refractivity contribution < 1.29 is 9.59 Å². The Balaban J connectivity index is 2.30. The first kappa shape index (κ1) is 15.0. The number of hydrogen-bond acceptors (Lipinski definition) is 3. The number of aryl methyl sites for hydroxylation is 1. The van der Waals surface area contributed by atoms with E-state index in [1.165, 1.54) is 0 Å². The maximum atomic E-state index is 13.0. The molecule has 0 aliphatic heterocycles. The Morgan fingerprint density at radius 2 is 1.65 bits per heavy atom. The zero-order chi connectivity index (χ0) is 16.6. The molecule has 2 aromatic carbocycles. The smallest absolute Gasteiger partial charge is 0.267 e. The lowest BCUT2D eigenvalue weighted by Crippen LogP contribution is -2.30. The summed E-state index contributed by atoms with van der Waals surface area (Å²) in [6, 6.07) is 14.7. The number of hydrazine groups is 1. The molecular formula is C18H17N3O2. The number of nitrogen functional groups attached to an aromatic ring is 1. The van der Waals surface area contributed by atoms with E-state index in [4.69, 9.17) is 5.84 Å². The average molecular weight is 307 g/mol. The second-order valence-corrected chi connectivity index (χ2v) is 5.41. The van der Waals surface area contributed by atoms with Gasteiger partial charge in [-0.2, -0.15) is 0 Å². The van der Waals surface area contributed by atoms with Gasteiger partial charge in [-0.15, -0.1) is 0 Å². The van der Waals surface area contributed by atoms with E-state index < -0.39 is 5.91 Å². The van der Waals surface area contributed by atoms with Gasteiger partial charge in [0.15, 0.2) is 0 Å². The first-order chi connectivity index (χ1) is 11.1. The van der Waals surface area contributed by atoms with Gasteiger partial charge in [-0.05, 0) is 31.5 Å². The largest absolute Gasteiger partial charge is 0.290 e. The first-order valence-corrected chi connectivity index (χ1v) is 7.27. The van der Waals surface area contributed by atoms with Crippen LogP contribution in [0.25, 0.3) is 10.9 Å². The number of nitrogens with one attached hydrogen (secondary N) is 1. The van der Waals surface area contributed by atoms with Gasteiger partial charge in [0, 0.05) is 16.6 Å². The highest BCUT2D eigenvalue weighted by molar-refractivity contribution is 6.13. The quantitative estimate of drug-likeness (QED) is 0.434. The van der Waals surface area contributed by atoms with Gasteiger partial charge in [-0.3, -0.25) is 19.6 Å². The number of carbonyl (C=O) groups excluding carboxylic acids is 2. The third kappa shape index (κ3) is 2.31. The Kier molecular flexibility index (Phi) is 3.72. The molecule has 0 spiro atoms. The fourth-order valence-electron chi connectivity index (χ4n) is 2.92. The maximum Gasteiger partial charge on any atom is 0.267 e. The number of aromatic nitrogens is 1. The van der Waals surface area contributed by atoms with Crippen molar-refractivity contribution in [3.63, 3.8) is 0 Å². The number of carbonyl (C=O) groups is 2. The number of benzene rings is 2. The van der Waals surface area contributed by atoms with Crippen LogP contribution in [0.1, 0.15) is 32.0 Å². The van der Waals surface area contributed by atoms with E-state index in [0.29, 0.717) is 27.7 Å². The molecule has 3 aromatic rings. The molecule has 23 heavy (non-hydrogen) atoms. The first-order valence-electron chi connectivity index (χ1n) is 7.27. The zero-order valence-electron chi connectivity index (χ0n) is 13.0. The van der Waals surface area contributed by atoms with Gasteiger partial charge >= 0.3 is 0 Å². The van der Waals surface area contributed by atoms with E-state index >= 15 is 0 Å². The SMILES string of the molecule is Cc1ccccc1C(=O)n1c(C)c(C(=O)NN)c2ccccc21. The zero-order valence-corrected chi connectivity index (χ0v) is 13.0. The molecule has 0 aliphatic rings. The third-order valence-electron chi connectivity index (χ3n) is 4.05. The van der Waals surface area contributed by atoms with Crippen LogP contribution in [-0.4, -0.2) is 16.4 Å². The van der Waals surface area contributed by atoms with E-state index in [1.54, 1.807) is 17.6 Å². The van der Waals surface area contributed by atoms with Crippen LogP contribution in [0.5, 0.6) is 0 Å². The molecule has 0 atom stereocenters. The monoisotopic (exact) mass is 307 g/mol. The van der Waals surface area contributed by atoms with E-state index in [0.717, 1.165) is 5.56 Å². The molecule has 0 unspecified atom stereocenters.